The van der Waals surface area contributed by atoms with Crippen LogP contribution in [0.5, 0.6) is 5.75 Å². The van der Waals surface area contributed by atoms with Crippen LogP contribution in [0.4, 0.5) is 0 Å². The molecule has 24 heavy (non-hydrogen) atoms. The van der Waals surface area contributed by atoms with Crippen LogP contribution in [-0.4, -0.2) is 25.5 Å². The number of nitrogens with zero attached hydrogens (tertiary/aromatic N) is 1. The topological polar surface area (TPSA) is 102 Å². The summed E-state index contributed by atoms with van der Waals surface area (Å²) in [5, 5.41) is 6.30. The molecule has 1 aromatic heterocycles. The molecule has 4 N–H and O–H groups in total. The van der Waals surface area contributed by atoms with E-state index in [0.717, 1.165) is 17.9 Å². The number of rotatable bonds is 7. The lowest BCUT2D eigenvalue weighted by molar-refractivity contribution is 0.0972. The zero-order valence-corrected chi connectivity index (χ0v) is 13.8. The van der Waals surface area contributed by atoms with Gasteiger partial charge in [-0.3, -0.25) is 4.79 Å². The first-order valence-corrected chi connectivity index (χ1v) is 7.66. The number of furan rings is 1. The summed E-state index contributed by atoms with van der Waals surface area (Å²) >= 11 is 0. The van der Waals surface area contributed by atoms with E-state index in [1.54, 1.807) is 19.2 Å². The van der Waals surface area contributed by atoms with Crippen LogP contribution in [0.15, 0.2) is 45.8 Å². The summed E-state index contributed by atoms with van der Waals surface area (Å²) in [7, 11) is 1.64. The summed E-state index contributed by atoms with van der Waals surface area (Å²) in [6.07, 6.45) is 0. The lowest BCUT2D eigenvalue weighted by Gasteiger charge is -2.11. The molecular weight excluding hydrogens is 308 g/mol. The molecule has 0 saturated carbocycles. The van der Waals surface area contributed by atoms with Gasteiger partial charge in [-0.1, -0.05) is 18.2 Å². The number of carbonyl (C=O) groups is 1. The minimum Gasteiger partial charge on any atom is -0.496 e. The Balaban J connectivity index is 2.01. The molecule has 7 heteroatoms. The van der Waals surface area contributed by atoms with Crippen molar-refractivity contribution in [3.05, 3.63) is 53.5 Å². The molecule has 128 valence electrons. The van der Waals surface area contributed by atoms with Crippen molar-refractivity contribution < 1.29 is 13.9 Å². The summed E-state index contributed by atoms with van der Waals surface area (Å²) in [5.74, 6) is 1.60. The number of primary amides is 1. The van der Waals surface area contributed by atoms with Crippen LogP contribution in [0, 0.1) is 0 Å². The number of aliphatic imine (C=N–C) groups is 1. The molecule has 2 rings (SSSR count). The molecule has 1 amide bonds. The Bertz CT molecular complexity index is 709. The van der Waals surface area contributed by atoms with Crippen LogP contribution < -0.4 is 21.1 Å². The van der Waals surface area contributed by atoms with Crippen molar-refractivity contribution in [2.24, 2.45) is 10.7 Å². The van der Waals surface area contributed by atoms with Gasteiger partial charge in [0.15, 0.2) is 11.7 Å². The molecule has 2 aromatic rings. The summed E-state index contributed by atoms with van der Waals surface area (Å²) < 4.78 is 10.7. The van der Waals surface area contributed by atoms with Crippen molar-refractivity contribution in [2.75, 3.05) is 13.7 Å². The Kier molecular flexibility index (Phi) is 6.24. The van der Waals surface area contributed by atoms with Crippen molar-refractivity contribution in [3.63, 3.8) is 0 Å². The monoisotopic (exact) mass is 330 g/mol. The number of ether oxygens (including phenoxy) is 1. The lowest BCUT2D eigenvalue weighted by Crippen LogP contribution is -2.36. The largest absolute Gasteiger partial charge is 0.496 e. The van der Waals surface area contributed by atoms with Crippen molar-refractivity contribution in [2.45, 2.75) is 20.0 Å². The van der Waals surface area contributed by atoms with Gasteiger partial charge < -0.3 is 25.5 Å². The van der Waals surface area contributed by atoms with E-state index in [-0.39, 0.29) is 5.76 Å². The minimum atomic E-state index is -0.585. The Labute approximate surface area is 140 Å². The molecule has 0 spiro atoms. The molecule has 0 saturated heterocycles. The lowest BCUT2D eigenvalue weighted by atomic mass is 10.2. The van der Waals surface area contributed by atoms with Gasteiger partial charge in [0.25, 0.3) is 5.91 Å². The molecule has 0 radical (unpaired) electrons. The average Bonchev–Trinajstić information content (AvgIpc) is 3.07. The molecule has 0 atom stereocenters. The molecule has 1 aromatic carbocycles. The second kappa shape index (κ2) is 8.61. The molecule has 0 unspecified atom stereocenters. The highest BCUT2D eigenvalue weighted by Crippen LogP contribution is 2.17. The van der Waals surface area contributed by atoms with Gasteiger partial charge in [-0.05, 0) is 25.1 Å². The molecule has 0 aliphatic carbocycles. The molecule has 1 heterocycles. The van der Waals surface area contributed by atoms with Crippen molar-refractivity contribution in [3.8, 4) is 5.75 Å². The summed E-state index contributed by atoms with van der Waals surface area (Å²) in [6.45, 7) is 3.58. The first kappa shape index (κ1) is 17.4. The maximum absolute atomic E-state index is 11.0. The van der Waals surface area contributed by atoms with E-state index in [1.165, 1.54) is 0 Å². The van der Waals surface area contributed by atoms with Gasteiger partial charge in [0.05, 0.1) is 20.2 Å². The third-order valence-corrected chi connectivity index (χ3v) is 3.28. The number of nitrogens with one attached hydrogen (secondary N) is 2. The van der Waals surface area contributed by atoms with Crippen LogP contribution in [0.25, 0.3) is 0 Å². The Hall–Kier alpha value is -2.96. The standard InChI is InChI=1S/C17H22N4O3/c1-3-19-17(20-10-12-6-4-5-7-14(12)23-2)21-11-13-8-9-15(24-13)16(18)22/h4-9H,3,10-11H2,1-2H3,(H2,18,22)(H2,19,20,21). The number of hydrogen-bond donors (Lipinski definition) is 3. The van der Waals surface area contributed by atoms with Crippen molar-refractivity contribution in [1.82, 2.24) is 10.6 Å². The number of hydrogen-bond acceptors (Lipinski definition) is 4. The van der Waals surface area contributed by atoms with E-state index < -0.39 is 5.91 Å². The first-order valence-electron chi connectivity index (χ1n) is 7.66. The fourth-order valence-electron chi connectivity index (χ4n) is 2.12. The van der Waals surface area contributed by atoms with E-state index in [0.29, 0.717) is 24.8 Å². The van der Waals surface area contributed by atoms with Gasteiger partial charge in [0.1, 0.15) is 11.5 Å². The predicted octanol–water partition coefficient (Wildman–Crippen LogP) is 1.64. The smallest absolute Gasteiger partial charge is 0.284 e. The van der Waals surface area contributed by atoms with Crippen LogP contribution in [0.2, 0.25) is 0 Å². The van der Waals surface area contributed by atoms with Gasteiger partial charge in [0.2, 0.25) is 0 Å². The number of carbonyl (C=O) groups excluding carboxylic acids is 1. The fourth-order valence-corrected chi connectivity index (χ4v) is 2.12. The van der Waals surface area contributed by atoms with Gasteiger partial charge >= 0.3 is 0 Å². The number of methoxy groups -OCH3 is 1. The third kappa shape index (κ3) is 4.77. The third-order valence-electron chi connectivity index (χ3n) is 3.28. The second-order valence-electron chi connectivity index (χ2n) is 4.99. The van der Waals surface area contributed by atoms with E-state index >= 15 is 0 Å². The molecule has 0 aliphatic heterocycles. The molecule has 0 aliphatic rings. The predicted molar refractivity (Wildman–Crippen MR) is 91.9 cm³/mol. The summed E-state index contributed by atoms with van der Waals surface area (Å²) in [6, 6.07) is 11.0. The highest BCUT2D eigenvalue weighted by molar-refractivity contribution is 5.89. The van der Waals surface area contributed by atoms with Gasteiger partial charge in [-0.25, -0.2) is 4.99 Å². The molecular formula is C17H22N4O3. The highest BCUT2D eigenvalue weighted by Gasteiger charge is 2.08. The number of amides is 1. The second-order valence-corrected chi connectivity index (χ2v) is 4.99. The van der Waals surface area contributed by atoms with E-state index in [2.05, 4.69) is 15.6 Å². The molecule has 0 bridgehead atoms. The van der Waals surface area contributed by atoms with E-state index in [4.69, 9.17) is 14.9 Å². The fraction of sp³-hybridized carbons (Fsp3) is 0.294. The Morgan fingerprint density at radius 2 is 2.04 bits per heavy atom. The van der Waals surface area contributed by atoms with Crippen LogP contribution in [0.1, 0.15) is 28.8 Å². The van der Waals surface area contributed by atoms with Crippen LogP contribution in [-0.2, 0) is 13.1 Å². The SMILES string of the molecule is CCNC(=NCc1ccccc1OC)NCc1ccc(C(N)=O)o1. The van der Waals surface area contributed by atoms with Crippen LogP contribution >= 0.6 is 0 Å². The molecule has 7 nitrogen and oxygen atoms in total. The zero-order valence-electron chi connectivity index (χ0n) is 13.8. The number of guanidine groups is 1. The quantitative estimate of drug-likeness (QED) is 0.529. The Morgan fingerprint density at radius 1 is 1.25 bits per heavy atom. The van der Waals surface area contributed by atoms with Gasteiger partial charge in [0, 0.05) is 12.1 Å². The molecule has 0 fully saturated rings. The van der Waals surface area contributed by atoms with Crippen LogP contribution in [0.3, 0.4) is 0 Å². The maximum atomic E-state index is 11.0. The number of benzene rings is 1. The average molecular weight is 330 g/mol. The minimum absolute atomic E-state index is 0.141. The highest BCUT2D eigenvalue weighted by atomic mass is 16.5. The normalized spacial score (nSPS) is 11.2. The Morgan fingerprint density at radius 3 is 2.71 bits per heavy atom. The number of para-hydroxylation sites is 1. The zero-order chi connectivity index (χ0) is 17.4. The maximum Gasteiger partial charge on any atom is 0.284 e. The van der Waals surface area contributed by atoms with Gasteiger partial charge in [-0.15, -0.1) is 0 Å². The van der Waals surface area contributed by atoms with Crippen molar-refractivity contribution >= 4 is 11.9 Å². The van der Waals surface area contributed by atoms with Crippen molar-refractivity contribution in [1.29, 1.82) is 0 Å². The number of nitrogens with two attached hydrogens (primary N) is 1. The van der Waals surface area contributed by atoms with Gasteiger partial charge in [-0.2, -0.15) is 0 Å². The van der Waals surface area contributed by atoms with E-state index in [1.807, 2.05) is 31.2 Å². The first-order chi connectivity index (χ1) is 11.6. The summed E-state index contributed by atoms with van der Waals surface area (Å²) in [4.78, 5) is 15.6. The summed E-state index contributed by atoms with van der Waals surface area (Å²) in [5.41, 5.74) is 6.16. The van der Waals surface area contributed by atoms with E-state index in [9.17, 15) is 4.79 Å².